The maximum atomic E-state index is 11.8. The Morgan fingerprint density at radius 2 is 2.05 bits per heavy atom. The minimum atomic E-state index is -0.152. The predicted molar refractivity (Wildman–Crippen MR) is 80.0 cm³/mol. The quantitative estimate of drug-likeness (QED) is 0.828. The molecule has 0 aliphatic heterocycles. The average molecular weight is 308 g/mol. The number of carbonyl (C=O) groups excluding carboxylic acids is 2. The summed E-state index contributed by atoms with van der Waals surface area (Å²) in [4.78, 5) is 22.7. The molecule has 2 aromatic rings. The molecule has 0 spiro atoms. The number of nitrogens with zero attached hydrogens (tertiary/aromatic N) is 2. The van der Waals surface area contributed by atoms with E-state index in [-0.39, 0.29) is 17.6 Å². The van der Waals surface area contributed by atoms with Crippen molar-refractivity contribution >= 4 is 46.3 Å². The molecule has 1 aromatic heterocycles. The van der Waals surface area contributed by atoms with Crippen molar-refractivity contribution in [2.24, 2.45) is 0 Å². The van der Waals surface area contributed by atoms with Crippen molar-refractivity contribution in [3.8, 4) is 0 Å². The molecular weight excluding hydrogens is 296 g/mol. The van der Waals surface area contributed by atoms with Gasteiger partial charge < -0.3 is 10.6 Å². The minimum absolute atomic E-state index is 0.134. The highest BCUT2D eigenvalue weighted by atomic mass is 32.2. The van der Waals surface area contributed by atoms with E-state index in [1.807, 2.05) is 0 Å². The lowest BCUT2D eigenvalue weighted by molar-refractivity contribution is -0.114. The van der Waals surface area contributed by atoms with Crippen LogP contribution < -0.4 is 10.6 Å². The van der Waals surface area contributed by atoms with Crippen molar-refractivity contribution in [3.05, 3.63) is 29.8 Å². The second kappa shape index (κ2) is 7.01. The minimum Gasteiger partial charge on any atom is -0.326 e. The highest BCUT2D eigenvalue weighted by Crippen LogP contribution is 2.20. The zero-order chi connectivity index (χ0) is 14.4. The smallest absolute Gasteiger partial charge is 0.234 e. The molecule has 2 rings (SSSR count). The van der Waals surface area contributed by atoms with Gasteiger partial charge in [0.15, 0.2) is 4.34 Å². The van der Waals surface area contributed by atoms with Crippen LogP contribution in [0.4, 0.5) is 11.4 Å². The van der Waals surface area contributed by atoms with Crippen LogP contribution in [-0.2, 0) is 9.59 Å². The molecule has 0 aliphatic rings. The van der Waals surface area contributed by atoms with Crippen LogP contribution in [-0.4, -0.2) is 27.8 Å². The van der Waals surface area contributed by atoms with E-state index in [0.717, 1.165) is 4.34 Å². The molecule has 0 atom stereocenters. The van der Waals surface area contributed by atoms with Crippen LogP contribution in [0.1, 0.15) is 6.92 Å². The fraction of sp³-hybridized carbons (Fsp3) is 0.167. The van der Waals surface area contributed by atoms with E-state index in [1.165, 1.54) is 30.0 Å². The van der Waals surface area contributed by atoms with Crippen LogP contribution >= 0.6 is 23.1 Å². The van der Waals surface area contributed by atoms with Crippen molar-refractivity contribution in [3.63, 3.8) is 0 Å². The van der Waals surface area contributed by atoms with Crippen LogP contribution in [0.15, 0.2) is 34.1 Å². The Morgan fingerprint density at radius 3 is 2.70 bits per heavy atom. The number of rotatable bonds is 5. The van der Waals surface area contributed by atoms with Gasteiger partial charge in [0.2, 0.25) is 11.8 Å². The van der Waals surface area contributed by atoms with Crippen molar-refractivity contribution in [1.29, 1.82) is 0 Å². The molecule has 0 saturated heterocycles. The van der Waals surface area contributed by atoms with Gasteiger partial charge >= 0.3 is 0 Å². The van der Waals surface area contributed by atoms with Crippen LogP contribution in [0.3, 0.4) is 0 Å². The molecule has 104 valence electrons. The molecule has 8 heteroatoms. The van der Waals surface area contributed by atoms with Crippen molar-refractivity contribution in [2.75, 3.05) is 16.4 Å². The molecule has 1 aromatic carbocycles. The first-order chi connectivity index (χ1) is 9.63. The lowest BCUT2D eigenvalue weighted by atomic mass is 10.2. The number of carbonyl (C=O) groups is 2. The standard InChI is InChI=1S/C12H12N4O2S2/c1-8(17)14-9-3-2-4-10(5-9)15-11(18)6-19-12-16-13-7-20-12/h2-5,7H,6H2,1H3,(H,14,17)(H,15,18). The summed E-state index contributed by atoms with van der Waals surface area (Å²) in [6, 6.07) is 6.99. The van der Waals surface area contributed by atoms with Gasteiger partial charge in [-0.3, -0.25) is 9.59 Å². The fourth-order valence-electron chi connectivity index (χ4n) is 1.43. The van der Waals surface area contributed by atoms with Gasteiger partial charge in [-0.2, -0.15) is 0 Å². The first-order valence-corrected chi connectivity index (χ1v) is 7.56. The average Bonchev–Trinajstić information content (AvgIpc) is 2.89. The number of anilines is 2. The molecule has 20 heavy (non-hydrogen) atoms. The Balaban J connectivity index is 1.88. The summed E-state index contributed by atoms with van der Waals surface area (Å²) in [6.07, 6.45) is 0. The van der Waals surface area contributed by atoms with Gasteiger partial charge in [0.25, 0.3) is 0 Å². The number of hydrogen-bond donors (Lipinski definition) is 2. The van der Waals surface area contributed by atoms with Gasteiger partial charge in [0, 0.05) is 18.3 Å². The van der Waals surface area contributed by atoms with Crippen molar-refractivity contribution in [1.82, 2.24) is 10.2 Å². The fourth-order valence-corrected chi connectivity index (χ4v) is 2.72. The maximum absolute atomic E-state index is 11.8. The monoisotopic (exact) mass is 308 g/mol. The van der Waals surface area contributed by atoms with E-state index in [0.29, 0.717) is 11.4 Å². The van der Waals surface area contributed by atoms with E-state index < -0.39 is 0 Å². The summed E-state index contributed by atoms with van der Waals surface area (Å²) < 4.78 is 0.757. The first kappa shape index (κ1) is 14.5. The summed E-state index contributed by atoms with van der Waals surface area (Å²) in [5.74, 6) is -0.0231. The van der Waals surface area contributed by atoms with Crippen LogP contribution in [0.25, 0.3) is 0 Å². The summed E-state index contributed by atoms with van der Waals surface area (Å²) >= 11 is 2.73. The summed E-state index contributed by atoms with van der Waals surface area (Å²) in [7, 11) is 0. The number of aromatic nitrogens is 2. The lowest BCUT2D eigenvalue weighted by Gasteiger charge is -2.07. The molecular formula is C12H12N4O2S2. The molecule has 2 N–H and O–H groups in total. The topological polar surface area (TPSA) is 84.0 Å². The Kier molecular flexibility index (Phi) is 5.08. The Morgan fingerprint density at radius 1 is 1.30 bits per heavy atom. The molecule has 0 bridgehead atoms. The second-order valence-electron chi connectivity index (χ2n) is 3.80. The summed E-state index contributed by atoms with van der Waals surface area (Å²) in [5.41, 5.74) is 2.91. The molecule has 2 amide bonds. The van der Waals surface area contributed by atoms with Gasteiger partial charge in [-0.1, -0.05) is 29.2 Å². The zero-order valence-electron chi connectivity index (χ0n) is 10.6. The van der Waals surface area contributed by atoms with Crippen LogP contribution in [0.5, 0.6) is 0 Å². The van der Waals surface area contributed by atoms with E-state index in [4.69, 9.17) is 0 Å². The zero-order valence-corrected chi connectivity index (χ0v) is 12.3. The number of benzene rings is 1. The molecule has 0 unspecified atom stereocenters. The molecule has 0 fully saturated rings. The highest BCUT2D eigenvalue weighted by molar-refractivity contribution is 8.01. The summed E-state index contributed by atoms with van der Waals surface area (Å²) in [5, 5.41) is 13.0. The van der Waals surface area contributed by atoms with E-state index >= 15 is 0 Å². The van der Waals surface area contributed by atoms with Crippen LogP contribution in [0, 0.1) is 0 Å². The SMILES string of the molecule is CC(=O)Nc1cccc(NC(=O)CSc2nncs2)c1. The van der Waals surface area contributed by atoms with Gasteiger partial charge in [0.05, 0.1) is 5.75 Å². The van der Waals surface area contributed by atoms with Crippen molar-refractivity contribution < 1.29 is 9.59 Å². The third-order valence-electron chi connectivity index (χ3n) is 2.13. The van der Waals surface area contributed by atoms with Crippen LogP contribution in [0.2, 0.25) is 0 Å². The molecule has 0 saturated carbocycles. The number of thioether (sulfide) groups is 1. The molecule has 0 radical (unpaired) electrons. The molecule has 1 heterocycles. The second-order valence-corrected chi connectivity index (χ2v) is 5.86. The van der Waals surface area contributed by atoms with Gasteiger partial charge in [0.1, 0.15) is 5.51 Å². The molecule has 0 aliphatic carbocycles. The number of nitrogens with one attached hydrogen (secondary N) is 2. The van der Waals surface area contributed by atoms with Gasteiger partial charge in [-0.05, 0) is 18.2 Å². The van der Waals surface area contributed by atoms with Crippen molar-refractivity contribution in [2.45, 2.75) is 11.3 Å². The largest absolute Gasteiger partial charge is 0.326 e. The van der Waals surface area contributed by atoms with Gasteiger partial charge in [-0.25, -0.2) is 0 Å². The molecule has 6 nitrogen and oxygen atoms in total. The number of hydrogen-bond acceptors (Lipinski definition) is 6. The Labute approximate surface area is 124 Å². The van der Waals surface area contributed by atoms with E-state index in [9.17, 15) is 9.59 Å². The lowest BCUT2D eigenvalue weighted by Crippen LogP contribution is -2.14. The summed E-state index contributed by atoms with van der Waals surface area (Å²) in [6.45, 7) is 1.43. The van der Waals surface area contributed by atoms with Gasteiger partial charge in [-0.15, -0.1) is 10.2 Å². The predicted octanol–water partition coefficient (Wildman–Crippen LogP) is 2.23. The Hall–Kier alpha value is -1.93. The maximum Gasteiger partial charge on any atom is 0.234 e. The Bertz CT molecular complexity index is 601. The normalized spacial score (nSPS) is 10.1. The van der Waals surface area contributed by atoms with E-state index in [1.54, 1.807) is 29.8 Å². The highest BCUT2D eigenvalue weighted by Gasteiger charge is 2.06. The first-order valence-electron chi connectivity index (χ1n) is 5.70. The third kappa shape index (κ3) is 4.63. The number of amides is 2. The van der Waals surface area contributed by atoms with E-state index in [2.05, 4.69) is 20.8 Å². The third-order valence-corrected chi connectivity index (χ3v) is 3.99.